The van der Waals surface area contributed by atoms with E-state index in [4.69, 9.17) is 5.11 Å². The van der Waals surface area contributed by atoms with Gasteiger partial charge in [0, 0.05) is 22.7 Å². The molecule has 0 aliphatic carbocycles. The molecule has 2 aromatic carbocycles. The Bertz CT molecular complexity index is 1140. The summed E-state index contributed by atoms with van der Waals surface area (Å²) in [5.41, 5.74) is -0.150. The van der Waals surface area contributed by atoms with Gasteiger partial charge in [0.15, 0.2) is 17.4 Å². The van der Waals surface area contributed by atoms with Crippen LogP contribution in [0, 0.1) is 24.4 Å². The van der Waals surface area contributed by atoms with E-state index < -0.39 is 47.7 Å². The highest BCUT2D eigenvalue weighted by Gasteiger charge is 2.30. The number of nitrogens with zero attached hydrogens (tertiary/aromatic N) is 1. The molecule has 29 heavy (non-hydrogen) atoms. The Morgan fingerprint density at radius 2 is 1.90 bits per heavy atom. The quantitative estimate of drug-likeness (QED) is 0.581. The molecule has 1 aromatic heterocycles. The number of rotatable bonds is 4. The van der Waals surface area contributed by atoms with Gasteiger partial charge in [-0.05, 0) is 37.6 Å². The molecule has 3 N–H and O–H groups in total. The molecule has 152 valence electrons. The molecule has 6 nitrogen and oxygen atoms in total. The van der Waals surface area contributed by atoms with Crippen molar-refractivity contribution in [2.75, 3.05) is 6.73 Å². The summed E-state index contributed by atoms with van der Waals surface area (Å²) in [7, 11) is 0. The average Bonchev–Trinajstić information content (AvgIpc) is 2.97. The fraction of sp³-hybridized carbons (Fsp3) is 0.200. The van der Waals surface area contributed by atoms with Crippen LogP contribution in [0.25, 0.3) is 10.9 Å². The van der Waals surface area contributed by atoms with Crippen LogP contribution in [0.2, 0.25) is 0 Å². The molecule has 3 aromatic rings. The molecule has 0 saturated carbocycles. The molecule has 0 bridgehead atoms. The first-order valence-corrected chi connectivity index (χ1v) is 8.59. The third kappa shape index (κ3) is 3.33. The molecule has 0 radical (unpaired) electrons. The number of carbonyl (C=O) groups is 2. The zero-order valence-corrected chi connectivity index (χ0v) is 15.5. The van der Waals surface area contributed by atoms with E-state index in [-0.39, 0.29) is 27.7 Å². The molecule has 0 spiro atoms. The number of nitrogens with one attached hydrogen (secondary N) is 1. The van der Waals surface area contributed by atoms with Gasteiger partial charge in [-0.2, -0.15) is 0 Å². The number of hydrogen-bond donors (Lipinski definition) is 3. The van der Waals surface area contributed by atoms with E-state index in [1.54, 1.807) is 0 Å². The zero-order chi connectivity index (χ0) is 21.5. The van der Waals surface area contributed by atoms with Crippen molar-refractivity contribution in [3.63, 3.8) is 0 Å². The molecule has 0 saturated heterocycles. The van der Waals surface area contributed by atoms with E-state index in [0.29, 0.717) is 0 Å². The van der Waals surface area contributed by atoms with Gasteiger partial charge in [0.05, 0.1) is 11.4 Å². The second-order valence-corrected chi connectivity index (χ2v) is 6.49. The number of aromatic nitrogens is 1. The lowest BCUT2D eigenvalue weighted by Gasteiger charge is -2.13. The third-order valence-electron chi connectivity index (χ3n) is 4.76. The highest BCUT2D eigenvalue weighted by Crippen LogP contribution is 2.38. The van der Waals surface area contributed by atoms with Gasteiger partial charge in [-0.1, -0.05) is 6.07 Å². The second-order valence-electron chi connectivity index (χ2n) is 6.49. The summed E-state index contributed by atoms with van der Waals surface area (Å²) >= 11 is 0. The molecule has 3 rings (SSSR count). The fourth-order valence-electron chi connectivity index (χ4n) is 3.42. The number of halogens is 3. The van der Waals surface area contributed by atoms with Crippen LogP contribution in [0.5, 0.6) is 5.75 Å². The highest BCUT2D eigenvalue weighted by molar-refractivity contribution is 6.05. The van der Waals surface area contributed by atoms with E-state index >= 15 is 0 Å². The van der Waals surface area contributed by atoms with Gasteiger partial charge < -0.3 is 15.5 Å². The van der Waals surface area contributed by atoms with Crippen molar-refractivity contribution in [2.24, 2.45) is 0 Å². The predicted octanol–water partition coefficient (Wildman–Crippen LogP) is 2.93. The minimum atomic E-state index is -1.33. The molecule has 1 heterocycles. The van der Waals surface area contributed by atoms with Crippen molar-refractivity contribution < 1.29 is 33.0 Å². The number of fused-ring (bicyclic) bond motifs is 1. The highest BCUT2D eigenvalue weighted by atomic mass is 19.1. The van der Waals surface area contributed by atoms with Crippen molar-refractivity contribution in [3.05, 3.63) is 64.6 Å². The standard InChI is InChI=1S/C20H17F3N2O4/c1-9(19(28)24-8-26)15-10(2)25(20(29)11-4-3-5-12(21)6-11)14-7-13(22)18(27)17(23)16(14)15/h3-7,9,26-27H,8H2,1-2H3,(H,24,28)/t9-/m1/s1. The Morgan fingerprint density at radius 1 is 1.21 bits per heavy atom. The van der Waals surface area contributed by atoms with Gasteiger partial charge in [0.2, 0.25) is 5.91 Å². The van der Waals surface area contributed by atoms with Crippen LogP contribution in [-0.2, 0) is 4.79 Å². The van der Waals surface area contributed by atoms with Crippen LogP contribution in [0.3, 0.4) is 0 Å². The van der Waals surface area contributed by atoms with Crippen molar-refractivity contribution in [3.8, 4) is 5.75 Å². The first kappa shape index (κ1) is 20.4. The average molecular weight is 406 g/mol. The smallest absolute Gasteiger partial charge is 0.262 e. The third-order valence-corrected chi connectivity index (χ3v) is 4.76. The van der Waals surface area contributed by atoms with E-state index in [2.05, 4.69) is 5.32 Å². The maximum absolute atomic E-state index is 14.8. The summed E-state index contributed by atoms with van der Waals surface area (Å²) in [6.07, 6.45) is 0. The van der Waals surface area contributed by atoms with Crippen LogP contribution >= 0.6 is 0 Å². The summed E-state index contributed by atoms with van der Waals surface area (Å²) in [6.45, 7) is 2.17. The first-order valence-electron chi connectivity index (χ1n) is 8.59. The molecule has 1 atom stereocenters. The fourth-order valence-corrected chi connectivity index (χ4v) is 3.42. The largest absolute Gasteiger partial charge is 0.503 e. The van der Waals surface area contributed by atoms with Gasteiger partial charge in [0.25, 0.3) is 5.91 Å². The summed E-state index contributed by atoms with van der Waals surface area (Å²) in [5, 5.41) is 20.5. The van der Waals surface area contributed by atoms with E-state index in [0.717, 1.165) is 22.8 Å². The van der Waals surface area contributed by atoms with Gasteiger partial charge in [-0.15, -0.1) is 0 Å². The molecule has 0 aliphatic heterocycles. The van der Waals surface area contributed by atoms with E-state index in [1.165, 1.54) is 26.0 Å². The van der Waals surface area contributed by atoms with Crippen LogP contribution < -0.4 is 5.32 Å². The second kappa shape index (κ2) is 7.59. The van der Waals surface area contributed by atoms with Crippen LogP contribution in [0.1, 0.15) is 34.5 Å². The lowest BCUT2D eigenvalue weighted by Crippen LogP contribution is -2.29. The summed E-state index contributed by atoms with van der Waals surface area (Å²) in [5.74, 6) is -7.02. The number of aromatic hydroxyl groups is 1. The van der Waals surface area contributed by atoms with Gasteiger partial charge in [-0.3, -0.25) is 14.2 Å². The Hall–Kier alpha value is -3.33. The Balaban J connectivity index is 2.35. The Kier molecular flexibility index (Phi) is 5.34. The SMILES string of the molecule is Cc1c([C@@H](C)C(=O)NCO)c2c(F)c(O)c(F)cc2n1C(=O)c1cccc(F)c1. The molecule has 0 fully saturated rings. The zero-order valence-electron chi connectivity index (χ0n) is 15.5. The van der Waals surface area contributed by atoms with Crippen LogP contribution in [0.4, 0.5) is 13.2 Å². The lowest BCUT2D eigenvalue weighted by atomic mass is 9.96. The van der Waals surface area contributed by atoms with E-state index in [1.807, 2.05) is 0 Å². The van der Waals surface area contributed by atoms with Crippen molar-refractivity contribution >= 4 is 22.7 Å². The van der Waals surface area contributed by atoms with Crippen molar-refractivity contribution in [1.29, 1.82) is 0 Å². The minimum absolute atomic E-state index is 0.0310. The molecule has 9 heteroatoms. The molecule has 0 aliphatic rings. The van der Waals surface area contributed by atoms with E-state index in [9.17, 15) is 27.9 Å². The maximum atomic E-state index is 14.8. The Labute approximate surface area is 163 Å². The molecule has 0 unspecified atom stereocenters. The predicted molar refractivity (Wildman–Crippen MR) is 98.0 cm³/mol. The molecular weight excluding hydrogens is 389 g/mol. The number of amides is 1. The topological polar surface area (TPSA) is 91.6 Å². The molecular formula is C20H17F3N2O4. The number of phenolic OH excluding ortho intramolecular Hbond substituents is 1. The van der Waals surface area contributed by atoms with Crippen LogP contribution in [-0.4, -0.2) is 33.3 Å². The number of benzene rings is 2. The minimum Gasteiger partial charge on any atom is -0.503 e. The van der Waals surface area contributed by atoms with Crippen molar-refractivity contribution in [2.45, 2.75) is 19.8 Å². The monoisotopic (exact) mass is 406 g/mol. The van der Waals surface area contributed by atoms with Crippen LogP contribution in [0.15, 0.2) is 30.3 Å². The number of phenols is 1. The van der Waals surface area contributed by atoms with Gasteiger partial charge in [0.1, 0.15) is 12.5 Å². The van der Waals surface area contributed by atoms with Gasteiger partial charge in [-0.25, -0.2) is 13.2 Å². The number of aliphatic hydroxyl groups excluding tert-OH is 1. The van der Waals surface area contributed by atoms with Gasteiger partial charge >= 0.3 is 0 Å². The Morgan fingerprint density at radius 3 is 2.52 bits per heavy atom. The number of hydrogen-bond acceptors (Lipinski definition) is 4. The normalized spacial score (nSPS) is 12.2. The maximum Gasteiger partial charge on any atom is 0.262 e. The lowest BCUT2D eigenvalue weighted by molar-refractivity contribution is -0.123. The summed E-state index contributed by atoms with van der Waals surface area (Å²) in [6, 6.07) is 5.54. The first-order chi connectivity index (χ1) is 13.7. The molecule has 1 amide bonds. The number of aliphatic hydroxyl groups is 1. The number of carbonyl (C=O) groups excluding carboxylic acids is 2. The summed E-state index contributed by atoms with van der Waals surface area (Å²) in [4.78, 5) is 25.2. The summed E-state index contributed by atoms with van der Waals surface area (Å²) < 4.78 is 43.4. The van der Waals surface area contributed by atoms with Crippen molar-refractivity contribution in [1.82, 2.24) is 9.88 Å².